The molecule has 1 aromatic carbocycles. The molecule has 3 atom stereocenters. The lowest BCUT2D eigenvalue weighted by Gasteiger charge is -2.22. The molecule has 2 amide bonds. The number of hydrogen-bond acceptors (Lipinski definition) is 3. The van der Waals surface area contributed by atoms with Crippen molar-refractivity contribution in [2.24, 2.45) is 17.8 Å². The summed E-state index contributed by atoms with van der Waals surface area (Å²) in [6.45, 7) is 1.95. The standard InChI is InChI=1S/C15H15NO3/c1-9-5-4-6-10-13(9)15(19)16(14(10)18)11-7-2-3-8-12(11)17/h2-5,7-10,13,17H,6H2,1H3/t9-,10-,13+/m0/s1. The van der Waals surface area contributed by atoms with Crippen LogP contribution in [0.15, 0.2) is 36.4 Å². The Morgan fingerprint density at radius 2 is 1.95 bits per heavy atom. The van der Waals surface area contributed by atoms with E-state index in [9.17, 15) is 14.7 Å². The van der Waals surface area contributed by atoms with Gasteiger partial charge in [0.1, 0.15) is 5.75 Å². The molecule has 0 spiro atoms. The third kappa shape index (κ3) is 1.67. The first-order chi connectivity index (χ1) is 9.11. The number of imide groups is 1. The van der Waals surface area contributed by atoms with Crippen molar-refractivity contribution in [2.45, 2.75) is 13.3 Å². The van der Waals surface area contributed by atoms with Crippen molar-refractivity contribution in [1.82, 2.24) is 0 Å². The Hall–Kier alpha value is -2.10. The van der Waals surface area contributed by atoms with Gasteiger partial charge in [0.25, 0.3) is 0 Å². The second-order valence-corrected chi connectivity index (χ2v) is 5.16. The third-order valence-corrected chi connectivity index (χ3v) is 4.00. The molecule has 19 heavy (non-hydrogen) atoms. The number of rotatable bonds is 1. The van der Waals surface area contributed by atoms with E-state index in [1.807, 2.05) is 19.1 Å². The second-order valence-electron chi connectivity index (χ2n) is 5.16. The zero-order valence-corrected chi connectivity index (χ0v) is 10.6. The second kappa shape index (κ2) is 4.23. The van der Waals surface area contributed by atoms with E-state index in [-0.39, 0.29) is 35.3 Å². The fourth-order valence-corrected chi connectivity index (χ4v) is 3.04. The number of anilines is 1. The Labute approximate surface area is 111 Å². The van der Waals surface area contributed by atoms with Crippen molar-refractivity contribution < 1.29 is 14.7 Å². The number of phenols is 1. The number of fused-ring (bicyclic) bond motifs is 1. The number of phenolic OH excluding ortho intramolecular Hbond substituents is 1. The van der Waals surface area contributed by atoms with Crippen LogP contribution in [0.3, 0.4) is 0 Å². The summed E-state index contributed by atoms with van der Waals surface area (Å²) in [6, 6.07) is 6.46. The number of para-hydroxylation sites is 2. The molecule has 1 N–H and O–H groups in total. The van der Waals surface area contributed by atoms with Gasteiger partial charge < -0.3 is 5.11 Å². The van der Waals surface area contributed by atoms with Gasteiger partial charge >= 0.3 is 0 Å². The van der Waals surface area contributed by atoms with Gasteiger partial charge in [-0.3, -0.25) is 9.59 Å². The van der Waals surface area contributed by atoms with Crippen LogP contribution in [0.2, 0.25) is 0 Å². The highest BCUT2D eigenvalue weighted by Crippen LogP contribution is 2.42. The largest absolute Gasteiger partial charge is 0.506 e. The molecule has 0 bridgehead atoms. The van der Waals surface area contributed by atoms with Crippen LogP contribution in [0.4, 0.5) is 5.69 Å². The van der Waals surface area contributed by atoms with Crippen LogP contribution in [-0.2, 0) is 9.59 Å². The number of aromatic hydroxyl groups is 1. The predicted octanol–water partition coefficient (Wildman–Crippen LogP) is 2.09. The molecular weight excluding hydrogens is 242 g/mol. The monoisotopic (exact) mass is 257 g/mol. The van der Waals surface area contributed by atoms with Gasteiger partial charge in [0.05, 0.1) is 17.5 Å². The molecule has 0 radical (unpaired) electrons. The van der Waals surface area contributed by atoms with Gasteiger partial charge in [0, 0.05) is 0 Å². The van der Waals surface area contributed by atoms with Gasteiger partial charge in [0.15, 0.2) is 0 Å². The number of carbonyl (C=O) groups is 2. The normalized spacial score (nSPS) is 29.7. The van der Waals surface area contributed by atoms with Crippen LogP contribution < -0.4 is 4.90 Å². The van der Waals surface area contributed by atoms with Crippen LogP contribution in [0.5, 0.6) is 5.75 Å². The van der Waals surface area contributed by atoms with E-state index in [2.05, 4.69) is 0 Å². The van der Waals surface area contributed by atoms with Crippen LogP contribution in [-0.4, -0.2) is 16.9 Å². The lowest BCUT2D eigenvalue weighted by molar-refractivity contribution is -0.122. The summed E-state index contributed by atoms with van der Waals surface area (Å²) in [4.78, 5) is 26.0. The zero-order chi connectivity index (χ0) is 13.6. The van der Waals surface area contributed by atoms with Crippen LogP contribution in [0, 0.1) is 17.8 Å². The van der Waals surface area contributed by atoms with E-state index < -0.39 is 0 Å². The molecule has 1 heterocycles. The van der Waals surface area contributed by atoms with E-state index in [0.717, 1.165) is 4.90 Å². The molecule has 1 aromatic rings. The van der Waals surface area contributed by atoms with Gasteiger partial charge in [-0.25, -0.2) is 4.90 Å². The summed E-state index contributed by atoms with van der Waals surface area (Å²) >= 11 is 0. The van der Waals surface area contributed by atoms with Crippen molar-refractivity contribution >= 4 is 17.5 Å². The molecule has 2 aliphatic rings. The molecule has 4 heteroatoms. The number of nitrogens with zero attached hydrogens (tertiary/aromatic N) is 1. The minimum Gasteiger partial charge on any atom is -0.506 e. The predicted molar refractivity (Wildman–Crippen MR) is 70.5 cm³/mol. The van der Waals surface area contributed by atoms with Crippen LogP contribution >= 0.6 is 0 Å². The van der Waals surface area contributed by atoms with Crippen molar-refractivity contribution in [1.29, 1.82) is 0 Å². The first-order valence-electron chi connectivity index (χ1n) is 6.43. The highest BCUT2D eigenvalue weighted by atomic mass is 16.3. The molecule has 0 saturated carbocycles. The molecule has 1 aliphatic carbocycles. The fraction of sp³-hybridized carbons (Fsp3) is 0.333. The smallest absolute Gasteiger partial charge is 0.238 e. The summed E-state index contributed by atoms with van der Waals surface area (Å²) in [5.41, 5.74) is 0.291. The van der Waals surface area contributed by atoms with E-state index in [4.69, 9.17) is 0 Å². The van der Waals surface area contributed by atoms with Gasteiger partial charge in [-0.1, -0.05) is 31.2 Å². The topological polar surface area (TPSA) is 57.6 Å². The van der Waals surface area contributed by atoms with Gasteiger partial charge in [0.2, 0.25) is 11.8 Å². The molecule has 0 unspecified atom stereocenters. The average Bonchev–Trinajstić information content (AvgIpc) is 2.64. The van der Waals surface area contributed by atoms with Crippen molar-refractivity contribution in [3.63, 3.8) is 0 Å². The highest BCUT2D eigenvalue weighted by Gasteiger charge is 2.50. The fourth-order valence-electron chi connectivity index (χ4n) is 3.04. The Bertz CT molecular complexity index is 579. The first kappa shape index (κ1) is 12.0. The highest BCUT2D eigenvalue weighted by molar-refractivity contribution is 6.22. The van der Waals surface area contributed by atoms with Crippen LogP contribution in [0.1, 0.15) is 13.3 Å². The number of amides is 2. The summed E-state index contributed by atoms with van der Waals surface area (Å²) in [5, 5.41) is 9.84. The lowest BCUT2D eigenvalue weighted by atomic mass is 9.78. The van der Waals surface area contributed by atoms with Crippen molar-refractivity contribution in [3.05, 3.63) is 36.4 Å². The SMILES string of the molecule is C[C@H]1C=CC[C@@H]2C(=O)N(c3ccccc3O)C(=O)[C@@H]21. The first-order valence-corrected chi connectivity index (χ1v) is 6.43. The van der Waals surface area contributed by atoms with E-state index in [0.29, 0.717) is 12.1 Å². The van der Waals surface area contributed by atoms with E-state index in [1.54, 1.807) is 18.2 Å². The third-order valence-electron chi connectivity index (χ3n) is 4.00. The summed E-state index contributed by atoms with van der Waals surface area (Å²) in [5.74, 6) is -0.959. The minimum absolute atomic E-state index is 0.0385. The van der Waals surface area contributed by atoms with E-state index >= 15 is 0 Å². The molecule has 3 rings (SSSR count). The molecule has 1 saturated heterocycles. The molecule has 4 nitrogen and oxygen atoms in total. The Balaban J connectivity index is 2.04. The maximum atomic E-state index is 12.5. The van der Waals surface area contributed by atoms with Crippen molar-refractivity contribution in [2.75, 3.05) is 4.90 Å². The summed E-state index contributed by atoms with van der Waals surface area (Å²) < 4.78 is 0. The quantitative estimate of drug-likeness (QED) is 0.619. The Morgan fingerprint density at radius 3 is 2.63 bits per heavy atom. The number of benzene rings is 1. The lowest BCUT2D eigenvalue weighted by Crippen LogP contribution is -2.31. The zero-order valence-electron chi connectivity index (χ0n) is 10.6. The maximum Gasteiger partial charge on any atom is 0.238 e. The Morgan fingerprint density at radius 1 is 1.21 bits per heavy atom. The summed E-state index contributed by atoms with van der Waals surface area (Å²) in [6.07, 6.45) is 4.55. The van der Waals surface area contributed by atoms with Gasteiger partial charge in [-0.15, -0.1) is 0 Å². The summed E-state index contributed by atoms with van der Waals surface area (Å²) in [7, 11) is 0. The number of allylic oxidation sites excluding steroid dienone is 2. The Kier molecular flexibility index (Phi) is 2.66. The minimum atomic E-state index is -0.294. The molecule has 0 aromatic heterocycles. The average molecular weight is 257 g/mol. The van der Waals surface area contributed by atoms with Gasteiger partial charge in [-0.2, -0.15) is 0 Å². The number of carbonyl (C=O) groups excluding carboxylic acids is 2. The molecular formula is C15H15NO3. The van der Waals surface area contributed by atoms with Crippen molar-refractivity contribution in [3.8, 4) is 5.75 Å². The van der Waals surface area contributed by atoms with E-state index in [1.165, 1.54) is 6.07 Å². The molecule has 98 valence electrons. The molecule has 1 aliphatic heterocycles. The maximum absolute atomic E-state index is 12.5. The van der Waals surface area contributed by atoms with Gasteiger partial charge in [-0.05, 0) is 24.5 Å². The van der Waals surface area contributed by atoms with Crippen LogP contribution in [0.25, 0.3) is 0 Å². The molecule has 1 fully saturated rings. The number of hydrogen-bond donors (Lipinski definition) is 1.